The lowest BCUT2D eigenvalue weighted by atomic mass is 11.0. The molecule has 0 amide bonds. The van der Waals surface area contributed by atoms with Crippen molar-refractivity contribution >= 4 is 0 Å². The molecule has 0 fully saturated rings. The summed E-state index contributed by atoms with van der Waals surface area (Å²) >= 11 is 0. The molecule has 2 N–H and O–H groups in total. The molecular weight excluding hydrogens is 68.0 g/mol. The van der Waals surface area contributed by atoms with E-state index in [4.69, 9.17) is 4.91 Å². The van der Waals surface area contributed by atoms with E-state index in [2.05, 4.69) is 10.9 Å². The summed E-state index contributed by atoms with van der Waals surface area (Å²) in [6.07, 6.45) is 2.05. The summed E-state index contributed by atoms with van der Waals surface area (Å²) in [6.45, 7) is 0. The first-order valence-corrected chi connectivity index (χ1v) is 1.11. The van der Waals surface area contributed by atoms with E-state index in [0.717, 1.165) is 12.4 Å². The zero-order valence-electron chi connectivity index (χ0n) is 2.59. The molecule has 0 rings (SSSR count). The molecule has 0 bridgehead atoms. The molecule has 3 heteroatoms. The highest BCUT2D eigenvalue weighted by Gasteiger charge is 1.47. The normalized spacial score (nSPS) is 8.80. The van der Waals surface area contributed by atoms with Gasteiger partial charge < -0.3 is 5.73 Å². The summed E-state index contributed by atoms with van der Waals surface area (Å²) in [4.78, 5) is 8.99. The number of hydrogen-bond acceptors (Lipinski definition) is 3. The van der Waals surface area contributed by atoms with Gasteiger partial charge in [0.2, 0.25) is 0 Å². The van der Waals surface area contributed by atoms with Crippen molar-refractivity contribution in [3.05, 3.63) is 17.3 Å². The molecule has 5 heavy (non-hydrogen) atoms. The molecule has 0 radical (unpaired) electrons. The van der Waals surface area contributed by atoms with E-state index < -0.39 is 0 Å². The summed E-state index contributed by atoms with van der Waals surface area (Å²) < 4.78 is 0. The van der Waals surface area contributed by atoms with Crippen LogP contribution >= 0.6 is 0 Å². The van der Waals surface area contributed by atoms with Crippen molar-refractivity contribution in [1.29, 1.82) is 0 Å². The lowest BCUT2D eigenvalue weighted by molar-refractivity contribution is 1.46. The highest BCUT2D eigenvalue weighted by atomic mass is 16.2. The zero-order chi connectivity index (χ0) is 4.12. The second-order valence-corrected chi connectivity index (χ2v) is 0.447. The Morgan fingerprint density at radius 2 is 2.40 bits per heavy atom. The quantitative estimate of drug-likeness (QED) is 0.449. The molecule has 0 aromatic heterocycles. The van der Waals surface area contributed by atoms with Crippen molar-refractivity contribution < 1.29 is 0 Å². The predicted molar refractivity (Wildman–Crippen MR) is 19.1 cm³/mol. The van der Waals surface area contributed by atoms with Gasteiger partial charge in [0.15, 0.2) is 0 Å². The molecule has 0 saturated carbocycles. The van der Waals surface area contributed by atoms with Gasteiger partial charge in [-0.3, -0.25) is 0 Å². The Labute approximate surface area is 29.4 Å². The van der Waals surface area contributed by atoms with E-state index in [-0.39, 0.29) is 0 Å². The van der Waals surface area contributed by atoms with Crippen molar-refractivity contribution in [3.8, 4) is 0 Å². The number of nitroso groups, excluding NO2 is 1. The van der Waals surface area contributed by atoms with Gasteiger partial charge in [-0.15, -0.1) is 4.91 Å². The molecule has 0 heterocycles. The maximum absolute atomic E-state index is 8.99. The molecule has 0 aromatic carbocycles. The molecule has 0 aromatic rings. The fourth-order valence-electron chi connectivity index (χ4n) is 0.0351. The molecule has 0 atom stereocenters. The third-order valence-electron chi connectivity index (χ3n) is 0.147. The Morgan fingerprint density at radius 1 is 1.80 bits per heavy atom. The van der Waals surface area contributed by atoms with Crippen LogP contribution in [0.2, 0.25) is 0 Å². The molecule has 0 saturated heterocycles. The first kappa shape index (κ1) is 4.14. The van der Waals surface area contributed by atoms with Gasteiger partial charge >= 0.3 is 0 Å². The standard InChI is InChI=1S/C2H4N2O/c3-1-2-4-5/h1-2H,3H2/b2-1+. The SMILES string of the molecule is N/C=C/N=O. The summed E-state index contributed by atoms with van der Waals surface area (Å²) in [5, 5.41) is 2.30. The number of hydrogen-bond donors (Lipinski definition) is 1. The lowest BCUT2D eigenvalue weighted by Gasteiger charge is -1.54. The van der Waals surface area contributed by atoms with Crippen LogP contribution in [0.25, 0.3) is 0 Å². The molecule has 0 aliphatic rings. The van der Waals surface area contributed by atoms with E-state index in [1.165, 1.54) is 0 Å². The minimum absolute atomic E-state index is 0.972. The summed E-state index contributed by atoms with van der Waals surface area (Å²) in [5.74, 6) is 0. The second kappa shape index (κ2) is 3.14. The second-order valence-electron chi connectivity index (χ2n) is 0.447. The number of nitrogens with zero attached hydrogens (tertiary/aromatic N) is 1. The molecule has 0 aliphatic heterocycles. The Morgan fingerprint density at radius 3 is 2.40 bits per heavy atom. The molecule has 3 nitrogen and oxygen atoms in total. The van der Waals surface area contributed by atoms with Crippen LogP contribution in [0.5, 0.6) is 0 Å². The minimum Gasteiger partial charge on any atom is -0.403 e. The summed E-state index contributed by atoms with van der Waals surface area (Å²) in [6, 6.07) is 0. The Kier molecular flexibility index (Phi) is 2.60. The van der Waals surface area contributed by atoms with Crippen molar-refractivity contribution in [1.82, 2.24) is 0 Å². The molecule has 0 spiro atoms. The number of nitrogens with two attached hydrogens (primary N) is 1. The van der Waals surface area contributed by atoms with E-state index in [1.54, 1.807) is 0 Å². The largest absolute Gasteiger partial charge is 0.403 e. The third-order valence-corrected chi connectivity index (χ3v) is 0.147. The zero-order valence-corrected chi connectivity index (χ0v) is 2.59. The number of rotatable bonds is 1. The van der Waals surface area contributed by atoms with Crippen LogP contribution in [0.1, 0.15) is 0 Å². The average molecular weight is 72.1 g/mol. The van der Waals surface area contributed by atoms with Crippen LogP contribution < -0.4 is 5.73 Å². The highest BCUT2D eigenvalue weighted by Crippen LogP contribution is 1.58. The van der Waals surface area contributed by atoms with E-state index >= 15 is 0 Å². The Bertz CT molecular complexity index is 49.6. The minimum atomic E-state index is 0.972. The van der Waals surface area contributed by atoms with E-state index in [1.807, 2.05) is 0 Å². The van der Waals surface area contributed by atoms with Crippen molar-refractivity contribution in [3.63, 3.8) is 0 Å². The first-order chi connectivity index (χ1) is 2.41. The van der Waals surface area contributed by atoms with Crippen LogP contribution in [0.15, 0.2) is 17.6 Å². The van der Waals surface area contributed by atoms with Gasteiger partial charge in [0.05, 0.1) is 6.20 Å². The Hall–Kier alpha value is -0.860. The van der Waals surface area contributed by atoms with Crippen molar-refractivity contribution in [2.24, 2.45) is 10.9 Å². The highest BCUT2D eigenvalue weighted by molar-refractivity contribution is 4.69. The molecule has 28 valence electrons. The van der Waals surface area contributed by atoms with Crippen LogP contribution in [-0.4, -0.2) is 0 Å². The van der Waals surface area contributed by atoms with Gasteiger partial charge in [-0.25, -0.2) is 0 Å². The molecule has 0 unspecified atom stereocenters. The van der Waals surface area contributed by atoms with Gasteiger partial charge in [-0.05, 0) is 5.18 Å². The summed E-state index contributed by atoms with van der Waals surface area (Å²) in [5.41, 5.74) is 4.66. The topological polar surface area (TPSA) is 55.4 Å². The molecule has 0 aliphatic carbocycles. The van der Waals surface area contributed by atoms with Crippen LogP contribution in [0.4, 0.5) is 0 Å². The van der Waals surface area contributed by atoms with Gasteiger partial charge in [0.1, 0.15) is 0 Å². The van der Waals surface area contributed by atoms with E-state index in [9.17, 15) is 0 Å². The fraction of sp³-hybridized carbons (Fsp3) is 0. The smallest absolute Gasteiger partial charge is 0.0869 e. The summed E-state index contributed by atoms with van der Waals surface area (Å²) in [7, 11) is 0. The van der Waals surface area contributed by atoms with Crippen molar-refractivity contribution in [2.45, 2.75) is 0 Å². The van der Waals surface area contributed by atoms with Gasteiger partial charge in [-0.2, -0.15) is 0 Å². The first-order valence-electron chi connectivity index (χ1n) is 1.11. The maximum Gasteiger partial charge on any atom is 0.0869 e. The fourth-order valence-corrected chi connectivity index (χ4v) is 0.0351. The predicted octanol–water partition coefficient (Wildman–Crippen LogP) is 0.183. The maximum atomic E-state index is 8.99. The third kappa shape index (κ3) is 3.14. The lowest BCUT2D eigenvalue weighted by Crippen LogP contribution is -1.71. The Balaban J connectivity index is 2.92. The van der Waals surface area contributed by atoms with Gasteiger partial charge in [0.25, 0.3) is 0 Å². The monoisotopic (exact) mass is 72.0 g/mol. The average Bonchev–Trinajstić information content (AvgIpc) is 1.41. The van der Waals surface area contributed by atoms with Crippen molar-refractivity contribution in [2.75, 3.05) is 0 Å². The van der Waals surface area contributed by atoms with Gasteiger partial charge in [0, 0.05) is 6.20 Å². The van der Waals surface area contributed by atoms with Gasteiger partial charge in [-0.1, -0.05) is 0 Å². The van der Waals surface area contributed by atoms with Crippen LogP contribution in [0.3, 0.4) is 0 Å². The van der Waals surface area contributed by atoms with Crippen LogP contribution in [-0.2, 0) is 0 Å². The molecular formula is C2H4N2O. The van der Waals surface area contributed by atoms with E-state index in [0.29, 0.717) is 0 Å². The van der Waals surface area contributed by atoms with Crippen LogP contribution in [0, 0.1) is 4.91 Å².